The maximum Gasteiger partial charge on any atom is 0.418 e. The normalized spacial score (nSPS) is 14.6. The summed E-state index contributed by atoms with van der Waals surface area (Å²) in [4.78, 5) is 38.0. The molecule has 158 valence electrons. The Bertz CT molecular complexity index is 1040. The van der Waals surface area contributed by atoms with E-state index < -0.39 is 35.3 Å². The number of benzene rings is 2. The van der Waals surface area contributed by atoms with E-state index in [1.165, 1.54) is 38.1 Å². The molecule has 0 aromatic heterocycles. The third-order valence-electron chi connectivity index (χ3n) is 4.56. The zero-order chi connectivity index (χ0) is 22.2. The van der Waals surface area contributed by atoms with Gasteiger partial charge in [-0.05, 0) is 50.2 Å². The van der Waals surface area contributed by atoms with Crippen LogP contribution in [0.1, 0.15) is 29.8 Å². The van der Waals surface area contributed by atoms with Gasteiger partial charge < -0.3 is 10.1 Å². The van der Waals surface area contributed by atoms with E-state index in [1.54, 1.807) is 0 Å². The molecule has 1 heterocycles. The van der Waals surface area contributed by atoms with E-state index in [0.29, 0.717) is 11.6 Å². The molecule has 30 heavy (non-hydrogen) atoms. The van der Waals surface area contributed by atoms with E-state index in [0.717, 1.165) is 11.0 Å². The molecule has 3 rings (SSSR count). The largest absolute Gasteiger partial charge is 0.482 e. The summed E-state index contributed by atoms with van der Waals surface area (Å²) in [6.45, 7) is 2.36. The van der Waals surface area contributed by atoms with Gasteiger partial charge in [0.05, 0.1) is 16.9 Å². The van der Waals surface area contributed by atoms with Crippen molar-refractivity contribution in [2.75, 3.05) is 16.8 Å². The summed E-state index contributed by atoms with van der Waals surface area (Å²) in [5.74, 6) is -1.40. The van der Waals surface area contributed by atoms with Crippen LogP contribution in [0.15, 0.2) is 36.4 Å². The zero-order valence-corrected chi connectivity index (χ0v) is 16.6. The Balaban J connectivity index is 1.94. The number of hydrogen-bond acceptors (Lipinski definition) is 4. The molecule has 1 unspecified atom stereocenters. The fourth-order valence-electron chi connectivity index (χ4n) is 3.03. The lowest BCUT2D eigenvalue weighted by Crippen LogP contribution is -2.49. The van der Waals surface area contributed by atoms with Crippen LogP contribution in [0.3, 0.4) is 0 Å². The minimum atomic E-state index is -4.74. The highest BCUT2D eigenvalue weighted by atomic mass is 35.5. The first kappa shape index (κ1) is 21.6. The number of alkyl halides is 3. The van der Waals surface area contributed by atoms with Crippen LogP contribution in [0, 0.1) is 0 Å². The number of carbonyl (C=O) groups excluding carboxylic acids is 3. The van der Waals surface area contributed by atoms with Crippen molar-refractivity contribution in [1.82, 2.24) is 0 Å². The average Bonchev–Trinajstić information content (AvgIpc) is 2.67. The van der Waals surface area contributed by atoms with Gasteiger partial charge in [0.1, 0.15) is 11.8 Å². The Kier molecular flexibility index (Phi) is 5.76. The van der Waals surface area contributed by atoms with E-state index in [-0.39, 0.29) is 28.8 Å². The summed E-state index contributed by atoms with van der Waals surface area (Å²) in [6, 6.07) is 6.20. The summed E-state index contributed by atoms with van der Waals surface area (Å²) >= 11 is 5.65. The molecule has 2 aromatic carbocycles. The lowest BCUT2D eigenvalue weighted by molar-refractivity contribution is -0.137. The molecule has 0 saturated heterocycles. The number of amides is 2. The van der Waals surface area contributed by atoms with Crippen molar-refractivity contribution >= 4 is 40.6 Å². The first-order valence-electron chi connectivity index (χ1n) is 8.76. The van der Waals surface area contributed by atoms with E-state index in [2.05, 4.69) is 5.32 Å². The van der Waals surface area contributed by atoms with E-state index >= 15 is 0 Å². The molecule has 1 aliphatic rings. The van der Waals surface area contributed by atoms with Crippen molar-refractivity contribution in [3.8, 4) is 5.75 Å². The number of rotatable bonds is 4. The van der Waals surface area contributed by atoms with Crippen LogP contribution in [-0.4, -0.2) is 30.2 Å². The van der Waals surface area contributed by atoms with Gasteiger partial charge in [-0.2, -0.15) is 13.2 Å². The lowest BCUT2D eigenvalue weighted by Gasteiger charge is -2.33. The molecular weight excluding hydrogens is 425 g/mol. The minimum Gasteiger partial charge on any atom is -0.482 e. The summed E-state index contributed by atoms with van der Waals surface area (Å²) < 4.78 is 45.2. The standard InChI is InChI=1S/C20H16ClF3N2O4/c1-10(19(29)25-15-5-4-13(21)8-14(15)20(22,23)24)26-16-7-12(11(2)27)3-6-17(16)30-9-18(26)28/h3-8,10H,9H2,1-2H3,(H,25,29). The molecule has 2 amide bonds. The predicted octanol–water partition coefficient (Wildman–Crippen LogP) is 4.31. The number of carbonyl (C=O) groups is 3. The highest BCUT2D eigenvalue weighted by molar-refractivity contribution is 6.30. The first-order valence-corrected chi connectivity index (χ1v) is 9.14. The average molecular weight is 441 g/mol. The van der Waals surface area contributed by atoms with Crippen LogP contribution in [0.4, 0.5) is 24.5 Å². The SMILES string of the molecule is CC(=O)c1ccc2c(c1)N(C(C)C(=O)Nc1ccc(Cl)cc1C(F)(F)F)C(=O)CO2. The fourth-order valence-corrected chi connectivity index (χ4v) is 3.20. The third-order valence-corrected chi connectivity index (χ3v) is 4.79. The third kappa shape index (κ3) is 4.25. The van der Waals surface area contributed by atoms with Gasteiger partial charge in [0.2, 0.25) is 5.91 Å². The van der Waals surface area contributed by atoms with Crippen molar-refractivity contribution in [2.24, 2.45) is 0 Å². The van der Waals surface area contributed by atoms with Gasteiger partial charge in [0, 0.05) is 10.6 Å². The van der Waals surface area contributed by atoms with Gasteiger partial charge in [-0.3, -0.25) is 19.3 Å². The predicted molar refractivity (Wildman–Crippen MR) is 104 cm³/mol. The zero-order valence-electron chi connectivity index (χ0n) is 15.8. The second-order valence-corrected chi connectivity index (χ2v) is 7.08. The summed E-state index contributed by atoms with van der Waals surface area (Å²) in [6.07, 6.45) is -4.74. The maximum atomic E-state index is 13.3. The Morgan fingerprint density at radius 1 is 1.20 bits per heavy atom. The highest BCUT2D eigenvalue weighted by Crippen LogP contribution is 2.38. The number of halogens is 4. The minimum absolute atomic E-state index is 0.137. The van der Waals surface area contributed by atoms with Gasteiger partial charge >= 0.3 is 6.18 Å². The molecule has 0 bridgehead atoms. The fraction of sp³-hybridized carbons (Fsp3) is 0.250. The van der Waals surface area contributed by atoms with Gasteiger partial charge in [-0.25, -0.2) is 0 Å². The van der Waals surface area contributed by atoms with Crippen LogP contribution in [0.5, 0.6) is 5.75 Å². The molecule has 10 heteroatoms. The van der Waals surface area contributed by atoms with Crippen molar-refractivity contribution in [1.29, 1.82) is 0 Å². The van der Waals surface area contributed by atoms with Crippen LogP contribution < -0.4 is 15.0 Å². The van der Waals surface area contributed by atoms with Crippen LogP contribution in [-0.2, 0) is 15.8 Å². The molecule has 0 saturated carbocycles. The van der Waals surface area contributed by atoms with Crippen molar-refractivity contribution in [2.45, 2.75) is 26.1 Å². The molecule has 1 aliphatic heterocycles. The highest BCUT2D eigenvalue weighted by Gasteiger charge is 2.37. The van der Waals surface area contributed by atoms with Crippen molar-refractivity contribution in [3.05, 3.63) is 52.5 Å². The van der Waals surface area contributed by atoms with Gasteiger partial charge in [-0.1, -0.05) is 11.6 Å². The summed E-state index contributed by atoms with van der Waals surface area (Å²) in [7, 11) is 0. The molecular formula is C20H16ClF3N2O4. The van der Waals surface area contributed by atoms with Crippen molar-refractivity contribution < 1.29 is 32.3 Å². The molecule has 0 spiro atoms. The number of nitrogens with zero attached hydrogens (tertiary/aromatic N) is 1. The molecule has 1 N–H and O–H groups in total. The molecule has 6 nitrogen and oxygen atoms in total. The number of ketones is 1. The Hall–Kier alpha value is -3.07. The number of Topliss-reactive ketones (excluding diaryl/α,β-unsaturated/α-hetero) is 1. The number of hydrogen-bond donors (Lipinski definition) is 1. The van der Waals surface area contributed by atoms with Gasteiger partial charge in [-0.15, -0.1) is 0 Å². The number of anilines is 2. The topological polar surface area (TPSA) is 75.7 Å². The molecule has 2 aromatic rings. The van der Waals surface area contributed by atoms with Gasteiger partial charge in [0.15, 0.2) is 12.4 Å². The van der Waals surface area contributed by atoms with E-state index in [4.69, 9.17) is 16.3 Å². The Morgan fingerprint density at radius 2 is 1.90 bits per heavy atom. The number of nitrogens with one attached hydrogen (secondary N) is 1. The van der Waals surface area contributed by atoms with E-state index in [1.807, 2.05) is 0 Å². The summed E-state index contributed by atoms with van der Waals surface area (Å²) in [5, 5.41) is 2.07. The second-order valence-electron chi connectivity index (χ2n) is 6.64. The van der Waals surface area contributed by atoms with E-state index in [9.17, 15) is 27.6 Å². The molecule has 0 radical (unpaired) electrons. The van der Waals surface area contributed by atoms with Crippen LogP contribution in [0.2, 0.25) is 5.02 Å². The maximum absolute atomic E-state index is 13.3. The smallest absolute Gasteiger partial charge is 0.418 e. The molecule has 0 aliphatic carbocycles. The first-order chi connectivity index (χ1) is 14.0. The quantitative estimate of drug-likeness (QED) is 0.719. The summed E-state index contributed by atoms with van der Waals surface area (Å²) in [5.41, 5.74) is -1.11. The van der Waals surface area contributed by atoms with Crippen LogP contribution in [0.25, 0.3) is 0 Å². The van der Waals surface area contributed by atoms with Crippen molar-refractivity contribution in [3.63, 3.8) is 0 Å². The van der Waals surface area contributed by atoms with Crippen LogP contribution >= 0.6 is 11.6 Å². The second kappa shape index (κ2) is 7.98. The van der Waals surface area contributed by atoms with Gasteiger partial charge in [0.25, 0.3) is 5.91 Å². The Labute approximate surface area is 174 Å². The molecule has 0 fully saturated rings. The Morgan fingerprint density at radius 3 is 2.53 bits per heavy atom. The number of fused-ring (bicyclic) bond motifs is 1. The monoisotopic (exact) mass is 440 g/mol. The molecule has 1 atom stereocenters. The number of ether oxygens (including phenoxy) is 1. The lowest BCUT2D eigenvalue weighted by atomic mass is 10.1.